The molecule has 2 aromatic heterocycles. The number of aryl methyl sites for hydroxylation is 1. The number of H-pyrrole nitrogens is 1. The average Bonchev–Trinajstić information content (AvgIpc) is 3.02. The molecular weight excluding hydrogens is 310 g/mol. The maximum atomic E-state index is 12.5. The van der Waals surface area contributed by atoms with Crippen LogP contribution in [0.3, 0.4) is 0 Å². The van der Waals surface area contributed by atoms with Gasteiger partial charge in [0.25, 0.3) is 11.5 Å². The number of aromatic amines is 1. The van der Waals surface area contributed by atoms with Crippen LogP contribution in [0.15, 0.2) is 27.4 Å². The summed E-state index contributed by atoms with van der Waals surface area (Å²) in [5.41, 5.74) is 0.681. The largest absolute Gasteiger partial charge is 0.453 e. The number of piperidine rings is 1. The van der Waals surface area contributed by atoms with Crippen molar-refractivity contribution in [3.8, 4) is 0 Å². The Balaban J connectivity index is 1.63. The maximum Gasteiger partial charge on any atom is 0.289 e. The van der Waals surface area contributed by atoms with Crippen LogP contribution in [-0.2, 0) is 11.3 Å². The molecule has 7 heteroatoms. The van der Waals surface area contributed by atoms with E-state index >= 15 is 0 Å². The average molecular weight is 331 g/mol. The van der Waals surface area contributed by atoms with Crippen LogP contribution in [0.1, 0.15) is 46.6 Å². The molecule has 1 fully saturated rings. The number of amides is 1. The summed E-state index contributed by atoms with van der Waals surface area (Å²) in [5, 5.41) is 0. The summed E-state index contributed by atoms with van der Waals surface area (Å²) < 4.78 is 10.5. The molecule has 0 saturated carbocycles. The Kier molecular flexibility index (Phi) is 4.80. The van der Waals surface area contributed by atoms with Crippen LogP contribution in [0.2, 0.25) is 0 Å². The Morgan fingerprint density at radius 1 is 1.42 bits per heavy atom. The van der Waals surface area contributed by atoms with E-state index in [9.17, 15) is 9.59 Å². The Morgan fingerprint density at radius 3 is 2.83 bits per heavy atom. The van der Waals surface area contributed by atoms with Crippen molar-refractivity contribution in [3.63, 3.8) is 0 Å². The van der Waals surface area contributed by atoms with Crippen molar-refractivity contribution in [1.29, 1.82) is 0 Å². The van der Waals surface area contributed by atoms with E-state index in [4.69, 9.17) is 9.15 Å². The minimum atomic E-state index is -0.128. The van der Waals surface area contributed by atoms with E-state index in [1.807, 2.05) is 0 Å². The van der Waals surface area contributed by atoms with Crippen LogP contribution in [0.4, 0.5) is 0 Å². The number of furan rings is 1. The van der Waals surface area contributed by atoms with E-state index in [0.29, 0.717) is 37.0 Å². The minimum Gasteiger partial charge on any atom is -0.453 e. The predicted octanol–water partition coefficient (Wildman–Crippen LogP) is 1.84. The first-order valence-corrected chi connectivity index (χ1v) is 8.01. The van der Waals surface area contributed by atoms with Crippen LogP contribution in [0.25, 0.3) is 0 Å². The number of methoxy groups -OCH3 is 1. The Bertz CT molecular complexity index is 772. The molecule has 1 amide bonds. The zero-order valence-electron chi connectivity index (χ0n) is 13.9. The van der Waals surface area contributed by atoms with Gasteiger partial charge in [-0.3, -0.25) is 9.59 Å². The lowest BCUT2D eigenvalue weighted by Gasteiger charge is -2.31. The van der Waals surface area contributed by atoms with Gasteiger partial charge < -0.3 is 19.0 Å². The van der Waals surface area contributed by atoms with Crippen molar-refractivity contribution in [3.05, 3.63) is 51.6 Å². The third kappa shape index (κ3) is 3.56. The number of ether oxygens (including phenoxy) is 1. The van der Waals surface area contributed by atoms with Gasteiger partial charge in [-0.15, -0.1) is 0 Å². The van der Waals surface area contributed by atoms with Gasteiger partial charge in [-0.2, -0.15) is 0 Å². The van der Waals surface area contributed by atoms with Crippen LogP contribution in [-0.4, -0.2) is 41.0 Å². The first-order chi connectivity index (χ1) is 11.6. The van der Waals surface area contributed by atoms with E-state index in [1.165, 1.54) is 0 Å². The number of carbonyl (C=O) groups is 1. The van der Waals surface area contributed by atoms with Crippen LogP contribution >= 0.6 is 0 Å². The molecule has 2 aromatic rings. The van der Waals surface area contributed by atoms with E-state index in [2.05, 4.69) is 9.97 Å². The van der Waals surface area contributed by atoms with E-state index < -0.39 is 0 Å². The summed E-state index contributed by atoms with van der Waals surface area (Å²) in [6.07, 6.45) is 1.57. The normalized spacial score (nSPS) is 15.7. The van der Waals surface area contributed by atoms with Crippen molar-refractivity contribution in [2.75, 3.05) is 20.2 Å². The lowest BCUT2D eigenvalue weighted by Crippen LogP contribution is -2.38. The summed E-state index contributed by atoms with van der Waals surface area (Å²) in [7, 11) is 1.58. The Hall–Kier alpha value is -2.41. The van der Waals surface area contributed by atoms with Crippen LogP contribution in [0.5, 0.6) is 0 Å². The number of likely N-dealkylation sites (tertiary alicyclic amines) is 1. The number of hydrogen-bond donors (Lipinski definition) is 1. The molecule has 1 aliphatic rings. The fraction of sp³-hybridized carbons (Fsp3) is 0.471. The highest BCUT2D eigenvalue weighted by atomic mass is 16.5. The predicted molar refractivity (Wildman–Crippen MR) is 86.9 cm³/mol. The van der Waals surface area contributed by atoms with Gasteiger partial charge in [-0.05, 0) is 31.9 Å². The number of aromatic nitrogens is 2. The molecule has 0 spiro atoms. The topological polar surface area (TPSA) is 88.4 Å². The summed E-state index contributed by atoms with van der Waals surface area (Å²) in [4.78, 5) is 32.9. The SMILES string of the molecule is COCc1ccc(C(=O)N2CCC(c3cc(=O)[nH]c(C)n3)CC2)o1. The van der Waals surface area contributed by atoms with Gasteiger partial charge in [-0.1, -0.05) is 0 Å². The third-order valence-electron chi connectivity index (χ3n) is 4.24. The zero-order chi connectivity index (χ0) is 17.1. The molecular formula is C17H21N3O4. The first kappa shape index (κ1) is 16.4. The van der Waals surface area contributed by atoms with Crippen molar-refractivity contribution in [1.82, 2.24) is 14.9 Å². The molecule has 0 radical (unpaired) electrons. The molecule has 1 aliphatic heterocycles. The highest BCUT2D eigenvalue weighted by Crippen LogP contribution is 2.27. The van der Waals surface area contributed by atoms with Crippen LogP contribution in [0, 0.1) is 6.92 Å². The monoisotopic (exact) mass is 331 g/mol. The van der Waals surface area contributed by atoms with Gasteiger partial charge in [0, 0.05) is 32.2 Å². The number of rotatable bonds is 4. The van der Waals surface area contributed by atoms with Gasteiger partial charge in [-0.25, -0.2) is 4.98 Å². The Morgan fingerprint density at radius 2 is 2.17 bits per heavy atom. The Labute approximate surface area is 139 Å². The second-order valence-electron chi connectivity index (χ2n) is 6.02. The fourth-order valence-electron chi connectivity index (χ4n) is 3.06. The molecule has 1 saturated heterocycles. The molecule has 3 heterocycles. The summed E-state index contributed by atoms with van der Waals surface area (Å²) in [6.45, 7) is 3.37. The number of nitrogens with zero attached hydrogens (tertiary/aromatic N) is 2. The lowest BCUT2D eigenvalue weighted by molar-refractivity contribution is 0.0672. The van der Waals surface area contributed by atoms with Gasteiger partial charge in [0.1, 0.15) is 18.2 Å². The van der Waals surface area contributed by atoms with Crippen molar-refractivity contribution >= 4 is 5.91 Å². The van der Waals surface area contributed by atoms with Gasteiger partial charge in [0.05, 0.1) is 5.69 Å². The van der Waals surface area contributed by atoms with E-state index in [0.717, 1.165) is 18.5 Å². The summed E-state index contributed by atoms with van der Waals surface area (Å²) >= 11 is 0. The standard InChI is InChI=1S/C17H21N3O4/c1-11-18-14(9-16(21)19-11)12-5-7-20(8-6-12)17(22)15-4-3-13(24-15)10-23-2/h3-4,9,12H,5-8,10H2,1-2H3,(H,18,19,21). The molecule has 0 unspecified atom stereocenters. The molecule has 0 atom stereocenters. The molecule has 0 aromatic carbocycles. The molecule has 1 N–H and O–H groups in total. The van der Waals surface area contributed by atoms with E-state index in [1.54, 1.807) is 37.1 Å². The number of nitrogens with one attached hydrogen (secondary N) is 1. The molecule has 3 rings (SSSR count). The van der Waals surface area contributed by atoms with Gasteiger partial charge in [0.2, 0.25) is 0 Å². The highest BCUT2D eigenvalue weighted by molar-refractivity contribution is 5.91. The highest BCUT2D eigenvalue weighted by Gasteiger charge is 2.27. The first-order valence-electron chi connectivity index (χ1n) is 8.01. The van der Waals surface area contributed by atoms with Crippen molar-refractivity contribution < 1.29 is 13.9 Å². The van der Waals surface area contributed by atoms with Crippen molar-refractivity contribution in [2.24, 2.45) is 0 Å². The summed E-state index contributed by atoms with van der Waals surface area (Å²) in [6, 6.07) is 5.00. The fourth-order valence-corrected chi connectivity index (χ4v) is 3.06. The lowest BCUT2D eigenvalue weighted by atomic mass is 9.93. The smallest absolute Gasteiger partial charge is 0.289 e. The molecule has 24 heavy (non-hydrogen) atoms. The number of hydrogen-bond acceptors (Lipinski definition) is 5. The molecule has 7 nitrogen and oxygen atoms in total. The number of carbonyl (C=O) groups excluding carboxylic acids is 1. The third-order valence-corrected chi connectivity index (χ3v) is 4.24. The molecule has 128 valence electrons. The zero-order valence-corrected chi connectivity index (χ0v) is 13.9. The second-order valence-corrected chi connectivity index (χ2v) is 6.02. The summed E-state index contributed by atoms with van der Waals surface area (Å²) in [5.74, 6) is 1.70. The molecule has 0 aliphatic carbocycles. The minimum absolute atomic E-state index is 0.106. The molecule has 0 bridgehead atoms. The van der Waals surface area contributed by atoms with E-state index in [-0.39, 0.29) is 17.4 Å². The van der Waals surface area contributed by atoms with Crippen LogP contribution < -0.4 is 5.56 Å². The van der Waals surface area contributed by atoms with Gasteiger partial charge in [0.15, 0.2) is 5.76 Å². The second kappa shape index (κ2) is 7.00. The van der Waals surface area contributed by atoms with Gasteiger partial charge >= 0.3 is 0 Å². The van der Waals surface area contributed by atoms with Crippen molar-refractivity contribution in [2.45, 2.75) is 32.3 Å². The quantitative estimate of drug-likeness (QED) is 0.923. The maximum absolute atomic E-state index is 12.5.